The monoisotopic (exact) mass is 268 g/mol. The molecule has 3 rings (SSSR count). The van der Waals surface area contributed by atoms with Crippen LogP contribution < -0.4 is 0 Å². The number of rotatable bonds is 3. The molecule has 0 aliphatic carbocycles. The number of carbonyl (C=O) groups is 1. The lowest BCUT2D eigenvalue weighted by Crippen LogP contribution is -2.12. The average Bonchev–Trinajstić information content (AvgIpc) is 2.90. The van der Waals surface area contributed by atoms with Crippen molar-refractivity contribution in [2.45, 2.75) is 24.2 Å². The summed E-state index contributed by atoms with van der Waals surface area (Å²) in [4.78, 5) is 13.9. The lowest BCUT2D eigenvalue weighted by molar-refractivity contribution is 0.0968. The molecule has 1 nitrogen and oxygen atoms in total. The maximum atomic E-state index is 12.6. The van der Waals surface area contributed by atoms with Crippen LogP contribution in [-0.2, 0) is 6.42 Å². The molecule has 0 radical (unpaired) electrons. The predicted octanol–water partition coefficient (Wildman–Crippen LogP) is 4.32. The van der Waals surface area contributed by atoms with Crippen molar-refractivity contribution in [3.05, 3.63) is 65.2 Å². The first-order valence-corrected chi connectivity index (χ1v) is 7.63. The second kappa shape index (κ2) is 5.22. The van der Waals surface area contributed by atoms with Crippen molar-refractivity contribution in [3.63, 3.8) is 0 Å². The molecule has 96 valence electrons. The number of benzene rings is 2. The van der Waals surface area contributed by atoms with Gasteiger partial charge < -0.3 is 0 Å². The zero-order valence-electron chi connectivity index (χ0n) is 10.9. The molecule has 1 heterocycles. The first-order chi connectivity index (χ1) is 9.29. The molecular weight excluding hydrogens is 252 g/mol. The lowest BCUT2D eigenvalue weighted by Gasteiger charge is -2.10. The van der Waals surface area contributed by atoms with Crippen LogP contribution >= 0.6 is 11.8 Å². The van der Waals surface area contributed by atoms with Gasteiger partial charge in [-0.3, -0.25) is 4.79 Å². The lowest BCUT2D eigenvalue weighted by atomic mass is 9.92. The number of Topliss-reactive ketones (excluding diaryl/α,β-unsaturated/α-hetero) is 1. The van der Waals surface area contributed by atoms with E-state index >= 15 is 0 Å². The Bertz CT molecular complexity index is 601. The highest BCUT2D eigenvalue weighted by Gasteiger charge is 2.29. The van der Waals surface area contributed by atoms with Crippen molar-refractivity contribution < 1.29 is 4.79 Å². The Morgan fingerprint density at radius 2 is 1.89 bits per heavy atom. The van der Waals surface area contributed by atoms with Gasteiger partial charge >= 0.3 is 0 Å². The summed E-state index contributed by atoms with van der Waals surface area (Å²) in [6.45, 7) is 2.13. The largest absolute Gasteiger partial charge is 0.293 e. The normalized spacial score (nSPS) is 17.2. The summed E-state index contributed by atoms with van der Waals surface area (Å²) < 4.78 is 0. The molecule has 0 N–H and O–H groups in total. The SMILES string of the molecule is CCc1ccc(C(=O)C2CSc3ccccc32)cc1. The zero-order chi connectivity index (χ0) is 13.2. The van der Waals surface area contributed by atoms with Gasteiger partial charge in [-0.15, -0.1) is 11.8 Å². The van der Waals surface area contributed by atoms with E-state index in [1.165, 1.54) is 16.0 Å². The Morgan fingerprint density at radius 1 is 1.16 bits per heavy atom. The van der Waals surface area contributed by atoms with Gasteiger partial charge in [0.2, 0.25) is 0 Å². The molecule has 0 amide bonds. The van der Waals surface area contributed by atoms with Crippen LogP contribution in [0.15, 0.2) is 53.4 Å². The van der Waals surface area contributed by atoms with E-state index in [0.29, 0.717) is 0 Å². The third-order valence-corrected chi connectivity index (χ3v) is 4.85. The van der Waals surface area contributed by atoms with Crippen LogP contribution in [0, 0.1) is 0 Å². The van der Waals surface area contributed by atoms with Crippen molar-refractivity contribution in [2.24, 2.45) is 0 Å². The molecule has 0 bridgehead atoms. The number of aryl methyl sites for hydroxylation is 1. The van der Waals surface area contributed by atoms with Gasteiger partial charge in [0.1, 0.15) is 0 Å². The Balaban J connectivity index is 1.89. The minimum Gasteiger partial charge on any atom is -0.293 e. The quantitative estimate of drug-likeness (QED) is 0.771. The molecule has 1 atom stereocenters. The van der Waals surface area contributed by atoms with Gasteiger partial charge in [-0.05, 0) is 23.6 Å². The number of thioether (sulfide) groups is 1. The van der Waals surface area contributed by atoms with Crippen molar-refractivity contribution in [2.75, 3.05) is 5.75 Å². The first kappa shape index (κ1) is 12.5. The van der Waals surface area contributed by atoms with Gasteiger partial charge in [0.25, 0.3) is 0 Å². The fourth-order valence-corrected chi connectivity index (χ4v) is 3.71. The summed E-state index contributed by atoms with van der Waals surface area (Å²) in [5.74, 6) is 1.14. The summed E-state index contributed by atoms with van der Waals surface area (Å²) in [5.41, 5.74) is 3.30. The standard InChI is InChI=1S/C17H16OS/c1-2-12-7-9-13(10-8-12)17(18)15-11-19-16-6-4-3-5-14(15)16/h3-10,15H,2,11H2,1H3. The van der Waals surface area contributed by atoms with E-state index in [9.17, 15) is 4.79 Å². The Hall–Kier alpha value is -1.54. The summed E-state index contributed by atoms with van der Waals surface area (Å²) in [6.07, 6.45) is 1.01. The van der Waals surface area contributed by atoms with Gasteiger partial charge in [-0.2, -0.15) is 0 Å². The van der Waals surface area contributed by atoms with Crippen LogP contribution in [0.1, 0.15) is 34.3 Å². The molecule has 0 fully saturated rings. The van der Waals surface area contributed by atoms with Gasteiger partial charge in [0, 0.05) is 16.2 Å². The zero-order valence-corrected chi connectivity index (χ0v) is 11.7. The smallest absolute Gasteiger partial charge is 0.171 e. The molecule has 2 aromatic rings. The Morgan fingerprint density at radius 3 is 2.63 bits per heavy atom. The third kappa shape index (κ3) is 2.33. The third-order valence-electron chi connectivity index (χ3n) is 3.66. The average molecular weight is 268 g/mol. The van der Waals surface area contributed by atoms with E-state index < -0.39 is 0 Å². The van der Waals surface area contributed by atoms with Crippen LogP contribution in [0.25, 0.3) is 0 Å². The van der Waals surface area contributed by atoms with E-state index in [1.54, 1.807) is 11.8 Å². The minimum atomic E-state index is 0.0219. The topological polar surface area (TPSA) is 17.1 Å². The number of hydrogen-bond acceptors (Lipinski definition) is 2. The molecule has 19 heavy (non-hydrogen) atoms. The van der Waals surface area contributed by atoms with Crippen LogP contribution in [0.3, 0.4) is 0 Å². The highest BCUT2D eigenvalue weighted by Crippen LogP contribution is 2.40. The summed E-state index contributed by atoms with van der Waals surface area (Å²) in [7, 11) is 0. The molecule has 0 saturated heterocycles. The van der Waals surface area contributed by atoms with Gasteiger partial charge in [0.15, 0.2) is 5.78 Å². The molecule has 2 aromatic carbocycles. The van der Waals surface area contributed by atoms with Crippen LogP contribution in [0.5, 0.6) is 0 Å². The van der Waals surface area contributed by atoms with Gasteiger partial charge in [-0.25, -0.2) is 0 Å². The van der Waals surface area contributed by atoms with Crippen molar-refractivity contribution in [1.82, 2.24) is 0 Å². The van der Waals surface area contributed by atoms with Crippen molar-refractivity contribution in [1.29, 1.82) is 0 Å². The number of carbonyl (C=O) groups excluding carboxylic acids is 1. The number of ketones is 1. The Kier molecular flexibility index (Phi) is 3.43. The molecule has 2 heteroatoms. The second-order valence-electron chi connectivity index (χ2n) is 4.82. The Labute approximate surface area is 118 Å². The van der Waals surface area contributed by atoms with E-state index in [-0.39, 0.29) is 11.7 Å². The molecule has 0 saturated carbocycles. The summed E-state index contributed by atoms with van der Waals surface area (Å²) >= 11 is 1.79. The van der Waals surface area contributed by atoms with Crippen LogP contribution in [-0.4, -0.2) is 11.5 Å². The molecule has 0 spiro atoms. The van der Waals surface area contributed by atoms with E-state index in [1.807, 2.05) is 24.3 Å². The fourth-order valence-electron chi connectivity index (χ4n) is 2.49. The molecule has 0 aromatic heterocycles. The maximum Gasteiger partial charge on any atom is 0.171 e. The molecule has 1 unspecified atom stereocenters. The van der Waals surface area contributed by atoms with Gasteiger partial charge in [-0.1, -0.05) is 49.4 Å². The van der Waals surface area contributed by atoms with Crippen molar-refractivity contribution >= 4 is 17.5 Å². The fraction of sp³-hybridized carbons (Fsp3) is 0.235. The highest BCUT2D eigenvalue weighted by molar-refractivity contribution is 7.99. The molecule has 1 aliphatic heterocycles. The summed E-state index contributed by atoms with van der Waals surface area (Å²) in [6, 6.07) is 16.3. The second-order valence-corrected chi connectivity index (χ2v) is 5.88. The number of hydrogen-bond donors (Lipinski definition) is 0. The van der Waals surface area contributed by atoms with Crippen molar-refractivity contribution in [3.8, 4) is 0 Å². The van der Waals surface area contributed by atoms with Gasteiger partial charge in [0.05, 0.1) is 5.92 Å². The van der Waals surface area contributed by atoms with E-state index in [0.717, 1.165) is 17.7 Å². The van der Waals surface area contributed by atoms with Crippen LogP contribution in [0.4, 0.5) is 0 Å². The van der Waals surface area contributed by atoms with E-state index in [2.05, 4.69) is 31.2 Å². The van der Waals surface area contributed by atoms with E-state index in [4.69, 9.17) is 0 Å². The number of fused-ring (bicyclic) bond motifs is 1. The van der Waals surface area contributed by atoms with Crippen LogP contribution in [0.2, 0.25) is 0 Å². The first-order valence-electron chi connectivity index (χ1n) is 6.64. The minimum absolute atomic E-state index is 0.0219. The summed E-state index contributed by atoms with van der Waals surface area (Å²) in [5, 5.41) is 0. The predicted molar refractivity (Wildman–Crippen MR) is 80.1 cm³/mol. The molecule has 1 aliphatic rings. The molecular formula is C17H16OS. The highest BCUT2D eigenvalue weighted by atomic mass is 32.2. The maximum absolute atomic E-state index is 12.6.